The maximum Gasteiger partial charge on any atom is 0.343 e. The van der Waals surface area contributed by atoms with Crippen molar-refractivity contribution in [3.05, 3.63) is 75.4 Å². The topological polar surface area (TPSA) is 56.5 Å². The molecule has 22 heavy (non-hydrogen) atoms. The van der Waals surface area contributed by atoms with Crippen LogP contribution < -0.4 is 10.2 Å². The van der Waals surface area contributed by atoms with Crippen molar-refractivity contribution in [2.24, 2.45) is 0 Å². The molecular weight excluding hydrogens is 311 g/mol. The molecule has 3 aromatic rings. The van der Waals surface area contributed by atoms with Crippen LogP contribution in [0.4, 0.5) is 4.39 Å². The molecule has 0 spiro atoms. The van der Waals surface area contributed by atoms with E-state index < -0.39 is 11.8 Å². The molecule has 0 N–H and O–H groups in total. The fourth-order valence-electron chi connectivity index (χ4n) is 1.93. The summed E-state index contributed by atoms with van der Waals surface area (Å²) in [5, 5.41) is 0.245. The minimum absolute atomic E-state index is 0.0306. The molecule has 0 saturated heterocycles. The van der Waals surface area contributed by atoms with E-state index >= 15 is 0 Å². The number of benzene rings is 2. The fraction of sp³-hybridized carbons (Fsp3) is 0. The minimum Gasteiger partial charge on any atom is -0.462 e. The molecule has 1 aromatic heterocycles. The Kier molecular flexibility index (Phi) is 3.65. The van der Waals surface area contributed by atoms with Crippen LogP contribution in [0.2, 0.25) is 5.02 Å². The molecule has 0 radical (unpaired) electrons. The Morgan fingerprint density at radius 1 is 1.18 bits per heavy atom. The Labute approximate surface area is 128 Å². The normalized spacial score (nSPS) is 10.6. The van der Waals surface area contributed by atoms with Gasteiger partial charge in [0.25, 0.3) is 0 Å². The van der Waals surface area contributed by atoms with E-state index in [4.69, 9.17) is 20.8 Å². The summed E-state index contributed by atoms with van der Waals surface area (Å²) >= 11 is 5.68. The maximum absolute atomic E-state index is 13.1. The van der Waals surface area contributed by atoms with Crippen LogP contribution in [0, 0.1) is 5.82 Å². The fourth-order valence-corrected chi connectivity index (χ4v) is 2.08. The maximum atomic E-state index is 13.1. The highest BCUT2D eigenvalue weighted by molar-refractivity contribution is 6.30. The Balaban J connectivity index is 1.93. The molecule has 0 unspecified atom stereocenters. The van der Waals surface area contributed by atoms with Crippen molar-refractivity contribution in [1.82, 2.24) is 0 Å². The van der Waals surface area contributed by atoms with Gasteiger partial charge in [-0.25, -0.2) is 9.18 Å². The van der Waals surface area contributed by atoms with E-state index in [2.05, 4.69) is 0 Å². The zero-order chi connectivity index (χ0) is 15.7. The molecule has 0 aliphatic carbocycles. The third-order valence-corrected chi connectivity index (χ3v) is 3.24. The summed E-state index contributed by atoms with van der Waals surface area (Å²) in [6, 6.07) is 9.42. The molecule has 0 fully saturated rings. The van der Waals surface area contributed by atoms with Crippen LogP contribution in [0.5, 0.6) is 5.75 Å². The lowest BCUT2D eigenvalue weighted by Crippen LogP contribution is -2.09. The predicted molar refractivity (Wildman–Crippen MR) is 78.9 cm³/mol. The monoisotopic (exact) mass is 318 g/mol. The van der Waals surface area contributed by atoms with Crippen molar-refractivity contribution in [2.75, 3.05) is 0 Å². The summed E-state index contributed by atoms with van der Waals surface area (Å²) in [5.74, 6) is -1.07. The van der Waals surface area contributed by atoms with E-state index in [1.807, 2.05) is 0 Å². The number of esters is 1. The quantitative estimate of drug-likeness (QED) is 0.532. The second kappa shape index (κ2) is 5.61. The summed E-state index contributed by atoms with van der Waals surface area (Å²) < 4.78 is 23.4. The van der Waals surface area contributed by atoms with Crippen LogP contribution in [0.25, 0.3) is 11.0 Å². The van der Waals surface area contributed by atoms with Crippen LogP contribution in [0.3, 0.4) is 0 Å². The molecule has 0 aliphatic rings. The first kappa shape index (κ1) is 14.3. The number of halogens is 2. The van der Waals surface area contributed by atoms with Gasteiger partial charge in [-0.15, -0.1) is 0 Å². The number of hydrogen-bond acceptors (Lipinski definition) is 4. The highest BCUT2D eigenvalue weighted by atomic mass is 35.5. The predicted octanol–water partition coefficient (Wildman–Crippen LogP) is 3.80. The van der Waals surface area contributed by atoms with Gasteiger partial charge >= 0.3 is 5.97 Å². The zero-order valence-corrected chi connectivity index (χ0v) is 11.8. The van der Waals surface area contributed by atoms with Gasteiger partial charge in [-0.2, -0.15) is 0 Å². The molecule has 3 rings (SSSR count). The van der Waals surface area contributed by atoms with Crippen molar-refractivity contribution < 1.29 is 18.3 Å². The third-order valence-electron chi connectivity index (χ3n) is 2.97. The van der Waals surface area contributed by atoms with Crippen LogP contribution >= 0.6 is 11.6 Å². The average Bonchev–Trinajstić information content (AvgIpc) is 2.51. The van der Waals surface area contributed by atoms with Crippen LogP contribution in [-0.2, 0) is 0 Å². The van der Waals surface area contributed by atoms with Crippen LogP contribution in [0.15, 0.2) is 57.9 Å². The van der Waals surface area contributed by atoms with E-state index in [1.165, 1.54) is 36.4 Å². The Bertz CT molecular complexity index is 933. The number of ether oxygens (including phenoxy) is 1. The van der Waals surface area contributed by atoms with Crippen molar-refractivity contribution >= 4 is 28.5 Å². The zero-order valence-electron chi connectivity index (χ0n) is 11.0. The van der Waals surface area contributed by atoms with Gasteiger partial charge in [-0.1, -0.05) is 17.7 Å². The van der Waals surface area contributed by atoms with E-state index in [0.29, 0.717) is 0 Å². The first-order valence-electron chi connectivity index (χ1n) is 6.23. The van der Waals surface area contributed by atoms with E-state index in [0.717, 1.165) is 12.3 Å². The average molecular weight is 319 g/mol. The highest BCUT2D eigenvalue weighted by Gasteiger charge is 2.11. The molecule has 0 atom stereocenters. The van der Waals surface area contributed by atoms with Gasteiger partial charge < -0.3 is 9.15 Å². The smallest absolute Gasteiger partial charge is 0.343 e. The van der Waals surface area contributed by atoms with Crippen LogP contribution in [0.1, 0.15) is 10.4 Å². The van der Waals surface area contributed by atoms with Crippen molar-refractivity contribution in [1.29, 1.82) is 0 Å². The van der Waals surface area contributed by atoms with Gasteiger partial charge in [-0.05, 0) is 30.3 Å². The molecule has 4 nitrogen and oxygen atoms in total. The molecule has 0 saturated carbocycles. The van der Waals surface area contributed by atoms with Gasteiger partial charge in [0.05, 0.1) is 10.9 Å². The number of rotatable bonds is 2. The van der Waals surface area contributed by atoms with Gasteiger partial charge in [-0.3, -0.25) is 4.79 Å². The van der Waals surface area contributed by atoms with Crippen molar-refractivity contribution in [3.63, 3.8) is 0 Å². The minimum atomic E-state index is -0.713. The molecule has 2 aromatic carbocycles. The highest BCUT2D eigenvalue weighted by Crippen LogP contribution is 2.21. The molecule has 110 valence electrons. The number of fused-ring (bicyclic) bond motifs is 1. The van der Waals surface area contributed by atoms with Gasteiger partial charge in [0, 0.05) is 6.07 Å². The van der Waals surface area contributed by atoms with Crippen LogP contribution in [-0.4, -0.2) is 5.97 Å². The lowest BCUT2D eigenvalue weighted by Gasteiger charge is -2.05. The van der Waals surface area contributed by atoms with Crippen molar-refractivity contribution in [3.8, 4) is 5.75 Å². The Hall–Kier alpha value is -2.66. The summed E-state index contributed by atoms with van der Waals surface area (Å²) in [4.78, 5) is 23.7. The summed E-state index contributed by atoms with van der Waals surface area (Å²) in [6.07, 6.45) is 1.12. The third kappa shape index (κ3) is 2.71. The Morgan fingerprint density at radius 3 is 2.77 bits per heavy atom. The summed E-state index contributed by atoms with van der Waals surface area (Å²) in [6.45, 7) is 0. The van der Waals surface area contributed by atoms with Gasteiger partial charge in [0.15, 0.2) is 0 Å². The van der Waals surface area contributed by atoms with Gasteiger partial charge in [0.1, 0.15) is 28.4 Å². The molecular formula is C16H8ClFO4. The SMILES string of the molecule is O=C(Oc1ccc2c(=O)c(Cl)coc2c1)c1cccc(F)c1. The molecule has 1 heterocycles. The molecule has 0 bridgehead atoms. The van der Waals surface area contributed by atoms with E-state index in [9.17, 15) is 14.0 Å². The largest absolute Gasteiger partial charge is 0.462 e. The van der Waals surface area contributed by atoms with E-state index in [1.54, 1.807) is 0 Å². The Morgan fingerprint density at radius 2 is 2.00 bits per heavy atom. The first-order valence-corrected chi connectivity index (χ1v) is 6.61. The lowest BCUT2D eigenvalue weighted by molar-refractivity contribution is 0.0734. The summed E-state index contributed by atoms with van der Waals surface area (Å²) in [7, 11) is 0. The number of hydrogen-bond donors (Lipinski definition) is 0. The van der Waals surface area contributed by atoms with E-state index in [-0.39, 0.29) is 32.7 Å². The second-order valence-corrected chi connectivity index (χ2v) is 4.88. The van der Waals surface area contributed by atoms with Crippen molar-refractivity contribution in [2.45, 2.75) is 0 Å². The standard InChI is InChI=1S/C16H8ClFO4/c17-13-8-21-14-7-11(4-5-12(14)15(13)19)22-16(20)9-2-1-3-10(18)6-9/h1-8H. The molecule has 6 heteroatoms. The number of carbonyl (C=O) groups is 1. The second-order valence-electron chi connectivity index (χ2n) is 4.47. The number of carbonyl (C=O) groups excluding carboxylic acids is 1. The molecule has 0 aliphatic heterocycles. The van der Waals surface area contributed by atoms with Gasteiger partial charge in [0.2, 0.25) is 5.43 Å². The summed E-state index contributed by atoms with van der Waals surface area (Å²) in [5.41, 5.74) is -0.0532. The first-order chi connectivity index (χ1) is 10.5. The lowest BCUT2D eigenvalue weighted by atomic mass is 10.2. The molecule has 0 amide bonds.